The number of hydrogen-bond acceptors (Lipinski definition) is 3. The van der Waals surface area contributed by atoms with Gasteiger partial charge in [0.1, 0.15) is 0 Å². The molecule has 0 amide bonds. The van der Waals surface area contributed by atoms with E-state index in [4.69, 9.17) is 16.3 Å². The van der Waals surface area contributed by atoms with Crippen molar-refractivity contribution in [1.29, 1.82) is 0 Å². The molecular formula is C69H63BClNO2. The first-order valence-electron chi connectivity index (χ1n) is 26.2. The van der Waals surface area contributed by atoms with Gasteiger partial charge >= 0.3 is 7.48 Å². The smallest absolute Gasteiger partial charge is 0.309 e. The Morgan fingerprint density at radius 1 is 0.459 bits per heavy atom. The van der Waals surface area contributed by atoms with Crippen molar-refractivity contribution in [2.75, 3.05) is 4.90 Å². The van der Waals surface area contributed by atoms with E-state index in [1.165, 1.54) is 77.9 Å². The molecule has 1 atom stereocenters. The number of hydrogen-bond donors (Lipinski definition) is 1. The molecular weight excluding hydrogens is 921 g/mol. The average molecular weight is 985 g/mol. The third kappa shape index (κ3) is 7.63. The molecule has 5 heteroatoms. The van der Waals surface area contributed by atoms with Gasteiger partial charge in [0.15, 0.2) is 0 Å². The third-order valence-corrected chi connectivity index (χ3v) is 17.6. The second-order valence-corrected chi connectivity index (χ2v) is 23.8. The quantitative estimate of drug-likeness (QED) is 0.131. The van der Waals surface area contributed by atoms with Gasteiger partial charge in [-0.1, -0.05) is 186 Å². The predicted octanol–water partition coefficient (Wildman–Crippen LogP) is 16.8. The number of rotatable bonds is 11. The van der Waals surface area contributed by atoms with Crippen molar-refractivity contribution in [3.8, 4) is 55.6 Å². The minimum Gasteiger partial charge on any atom is -0.427 e. The number of nitrogens with zero attached hydrogens (tertiary/aromatic N) is 1. The van der Waals surface area contributed by atoms with E-state index < -0.39 is 11.2 Å². The normalized spacial score (nSPS) is 15.8. The minimum absolute atomic E-state index is 0.122. The lowest BCUT2D eigenvalue weighted by molar-refractivity contribution is -0.101. The Hall–Kier alpha value is -6.95. The molecule has 1 unspecified atom stereocenters. The molecule has 0 bridgehead atoms. The lowest BCUT2D eigenvalue weighted by atomic mass is 9.76. The molecule has 0 radical (unpaired) electrons. The Bertz CT molecular complexity index is 3700. The number of anilines is 3. The summed E-state index contributed by atoms with van der Waals surface area (Å²) >= 11 is 7.02. The second-order valence-electron chi connectivity index (χ2n) is 23.4. The van der Waals surface area contributed by atoms with Gasteiger partial charge in [-0.25, -0.2) is 0 Å². The van der Waals surface area contributed by atoms with Gasteiger partial charge in [0.2, 0.25) is 0 Å². The Morgan fingerprint density at radius 3 is 1.82 bits per heavy atom. The van der Waals surface area contributed by atoms with Gasteiger partial charge in [0, 0.05) is 50.3 Å². The topological polar surface area (TPSA) is 32.7 Å². The maximum Gasteiger partial charge on any atom is 0.309 e. The zero-order chi connectivity index (χ0) is 51.5. The molecule has 74 heavy (non-hydrogen) atoms. The van der Waals surface area contributed by atoms with Crippen molar-refractivity contribution in [3.63, 3.8) is 0 Å². The van der Waals surface area contributed by atoms with Crippen molar-refractivity contribution in [3.05, 3.63) is 238 Å². The van der Waals surface area contributed by atoms with Crippen LogP contribution in [-0.2, 0) is 27.3 Å². The molecule has 0 heterocycles. The molecule has 0 aliphatic heterocycles. The molecule has 0 spiro atoms. The number of halogens is 1. The third-order valence-electron chi connectivity index (χ3n) is 17.3. The van der Waals surface area contributed by atoms with Crippen LogP contribution in [0.4, 0.5) is 17.1 Å². The lowest BCUT2D eigenvalue weighted by Gasteiger charge is -2.41. The van der Waals surface area contributed by atoms with Crippen LogP contribution in [0.15, 0.2) is 194 Å². The standard InChI is InChI=1S/C69H63BClNO2/c1-65(2)57-30-17-16-29-51(57)52-34-33-50(39-59(52)65)72(48-26-14-11-15-27-48)49-28-19-25-47(38-49)70-74-68(7,8)69(9,73)42-43-21-18-24-45(35-43)53-36-46(44-22-12-10-13-23-44)37-55-54-40-61-56(41-60(54)67(5,6)64(53)55)63-58(66(61,3)4)31-20-32-62(63)71/h10-41,70,73H,42H2,1-9H3. The van der Waals surface area contributed by atoms with Gasteiger partial charge < -0.3 is 14.7 Å². The van der Waals surface area contributed by atoms with Gasteiger partial charge in [0.25, 0.3) is 0 Å². The summed E-state index contributed by atoms with van der Waals surface area (Å²) in [5.41, 5.74) is 22.7. The first-order valence-corrected chi connectivity index (χ1v) is 26.6. The summed E-state index contributed by atoms with van der Waals surface area (Å²) in [5.74, 6) is 0. The van der Waals surface area contributed by atoms with E-state index in [-0.39, 0.29) is 16.2 Å². The van der Waals surface area contributed by atoms with Gasteiger partial charge in [-0.15, -0.1) is 0 Å². The van der Waals surface area contributed by atoms with E-state index in [2.05, 4.69) is 234 Å². The summed E-state index contributed by atoms with van der Waals surface area (Å²) in [6, 6.07) is 70.5. The zero-order valence-electron chi connectivity index (χ0n) is 44.1. The lowest BCUT2D eigenvalue weighted by Crippen LogP contribution is -2.52. The monoisotopic (exact) mass is 983 g/mol. The highest BCUT2D eigenvalue weighted by Gasteiger charge is 2.45. The molecule has 0 fully saturated rings. The van der Waals surface area contributed by atoms with Crippen LogP contribution in [0.1, 0.15) is 101 Å². The van der Waals surface area contributed by atoms with Crippen LogP contribution in [0.25, 0.3) is 55.6 Å². The van der Waals surface area contributed by atoms with Crippen LogP contribution in [0.3, 0.4) is 0 Å². The van der Waals surface area contributed by atoms with E-state index in [9.17, 15) is 5.11 Å². The molecule has 0 saturated carbocycles. The number of aliphatic hydroxyl groups is 1. The molecule has 9 aromatic rings. The Labute approximate surface area is 443 Å². The summed E-state index contributed by atoms with van der Waals surface area (Å²) in [6.07, 6.45) is 0.403. The SMILES string of the molecule is CC1(C)c2ccccc2-c2ccc(N(c3ccccc3)c3cccc(BOC(C)(C)C(C)(O)Cc4cccc(-c5cc(-c6ccccc6)cc6c5C(C)(C)c5cc7c(cc5-6)C(C)(C)c5cccc(Cl)c5-7)c4)c3)cc21. The van der Waals surface area contributed by atoms with Crippen LogP contribution in [0.2, 0.25) is 5.02 Å². The Balaban J connectivity index is 0.845. The van der Waals surface area contributed by atoms with E-state index in [0.29, 0.717) is 13.9 Å². The van der Waals surface area contributed by atoms with E-state index in [1.54, 1.807) is 0 Å². The molecule has 3 nitrogen and oxygen atoms in total. The van der Waals surface area contributed by atoms with Crippen LogP contribution in [-0.4, -0.2) is 23.8 Å². The van der Waals surface area contributed by atoms with Gasteiger partial charge in [-0.3, -0.25) is 0 Å². The second kappa shape index (κ2) is 17.3. The van der Waals surface area contributed by atoms with Gasteiger partial charge in [0.05, 0.1) is 11.2 Å². The largest absolute Gasteiger partial charge is 0.427 e. The molecule has 3 aliphatic carbocycles. The molecule has 12 rings (SSSR count). The molecule has 1 N–H and O–H groups in total. The number of benzene rings is 9. The fraction of sp³-hybridized carbons (Fsp3) is 0.217. The average Bonchev–Trinajstić information content (AvgIpc) is 3.90. The molecule has 366 valence electrons. The summed E-state index contributed by atoms with van der Waals surface area (Å²) in [6.45, 7) is 20.0. The fourth-order valence-corrected chi connectivity index (χ4v) is 13.0. The molecule has 9 aromatic carbocycles. The van der Waals surface area contributed by atoms with Crippen molar-refractivity contribution in [2.45, 2.75) is 96.2 Å². The maximum atomic E-state index is 12.6. The highest BCUT2D eigenvalue weighted by molar-refractivity contribution is 6.47. The summed E-state index contributed by atoms with van der Waals surface area (Å²) in [5, 5.41) is 13.4. The van der Waals surface area contributed by atoms with Crippen LogP contribution < -0.4 is 10.4 Å². The molecule has 3 aliphatic rings. The van der Waals surface area contributed by atoms with Crippen molar-refractivity contribution < 1.29 is 9.76 Å². The van der Waals surface area contributed by atoms with Gasteiger partial charge in [-0.2, -0.15) is 0 Å². The molecule has 0 aromatic heterocycles. The summed E-state index contributed by atoms with van der Waals surface area (Å²) < 4.78 is 6.83. The summed E-state index contributed by atoms with van der Waals surface area (Å²) in [7, 11) is 0.332. The van der Waals surface area contributed by atoms with Crippen molar-refractivity contribution >= 4 is 41.6 Å². The summed E-state index contributed by atoms with van der Waals surface area (Å²) in [4.78, 5) is 2.34. The number of para-hydroxylation sites is 1. The highest BCUT2D eigenvalue weighted by Crippen LogP contribution is 2.59. The Morgan fingerprint density at radius 2 is 1.04 bits per heavy atom. The zero-order valence-corrected chi connectivity index (χ0v) is 44.8. The first-order chi connectivity index (χ1) is 35.3. The predicted molar refractivity (Wildman–Crippen MR) is 312 cm³/mol. The highest BCUT2D eigenvalue weighted by atomic mass is 35.5. The van der Waals surface area contributed by atoms with E-state index >= 15 is 0 Å². The molecule has 0 saturated heterocycles. The minimum atomic E-state index is -1.22. The number of fused-ring (bicyclic) bond motifs is 9. The van der Waals surface area contributed by atoms with Crippen LogP contribution in [0.5, 0.6) is 0 Å². The van der Waals surface area contributed by atoms with Crippen LogP contribution in [0, 0.1) is 0 Å². The van der Waals surface area contributed by atoms with Gasteiger partial charge in [-0.05, 0) is 177 Å². The maximum absolute atomic E-state index is 12.6. The fourth-order valence-electron chi connectivity index (χ4n) is 12.7. The first kappa shape index (κ1) is 48.0. The van der Waals surface area contributed by atoms with E-state index in [1.807, 2.05) is 26.8 Å². The Kier molecular flexibility index (Phi) is 11.2. The van der Waals surface area contributed by atoms with E-state index in [0.717, 1.165) is 44.2 Å². The van der Waals surface area contributed by atoms with Crippen molar-refractivity contribution in [2.24, 2.45) is 0 Å². The van der Waals surface area contributed by atoms with Crippen molar-refractivity contribution in [1.82, 2.24) is 0 Å². The van der Waals surface area contributed by atoms with Crippen LogP contribution >= 0.6 is 11.6 Å².